The molecule has 0 spiro atoms. The molecule has 0 saturated heterocycles. The number of aliphatic carboxylic acids is 1. The van der Waals surface area contributed by atoms with Crippen LogP contribution in [0.3, 0.4) is 0 Å². The molecule has 0 aliphatic carbocycles. The molecule has 1 aromatic carbocycles. The van der Waals surface area contributed by atoms with Crippen molar-refractivity contribution in [1.82, 2.24) is 9.88 Å². The maximum atomic E-state index is 10.7. The van der Waals surface area contributed by atoms with Gasteiger partial charge in [-0.3, -0.25) is 4.79 Å². The molecule has 0 atom stereocenters. The highest BCUT2D eigenvalue weighted by Crippen LogP contribution is 2.20. The van der Waals surface area contributed by atoms with E-state index in [4.69, 9.17) is 5.11 Å². The third-order valence-corrected chi connectivity index (χ3v) is 3.02. The molecule has 0 amide bonds. The highest BCUT2D eigenvalue weighted by Gasteiger charge is 2.07. The summed E-state index contributed by atoms with van der Waals surface area (Å²) in [6.07, 6.45) is 3.05. The van der Waals surface area contributed by atoms with Crippen LogP contribution in [-0.2, 0) is 17.6 Å². The summed E-state index contributed by atoms with van der Waals surface area (Å²) in [5.74, 6) is -0.792. The lowest BCUT2D eigenvalue weighted by atomic mass is 10.1. The molecular formula is C14H18N2O2. The van der Waals surface area contributed by atoms with E-state index in [0.29, 0.717) is 0 Å². The van der Waals surface area contributed by atoms with Crippen molar-refractivity contribution in [2.45, 2.75) is 12.8 Å². The Hall–Kier alpha value is -1.81. The number of carboxylic acid groups (broad SMARTS) is 1. The molecule has 0 bridgehead atoms. The van der Waals surface area contributed by atoms with Crippen LogP contribution in [-0.4, -0.2) is 41.6 Å². The van der Waals surface area contributed by atoms with Gasteiger partial charge in [-0.05, 0) is 43.8 Å². The Kier molecular flexibility index (Phi) is 3.67. The molecule has 18 heavy (non-hydrogen) atoms. The Bertz CT molecular complexity index is 558. The number of nitrogens with one attached hydrogen (secondary N) is 1. The highest BCUT2D eigenvalue weighted by molar-refractivity contribution is 5.85. The standard InChI is InChI=1S/C14H18N2O2/c1-16(2)6-5-11-9-15-13-4-3-10(7-12(11)13)8-14(17)18/h3-4,7,9,15H,5-6,8H2,1-2H3,(H,17,18). The average Bonchev–Trinajstić information content (AvgIpc) is 2.68. The molecule has 1 aromatic heterocycles. The van der Waals surface area contributed by atoms with Crippen molar-refractivity contribution >= 4 is 16.9 Å². The number of carboxylic acids is 1. The Morgan fingerprint density at radius 3 is 2.83 bits per heavy atom. The number of nitrogens with zero attached hydrogens (tertiary/aromatic N) is 1. The normalized spacial score (nSPS) is 11.3. The number of likely N-dealkylation sites (N-methyl/N-ethyl adjacent to an activating group) is 1. The Morgan fingerprint density at radius 1 is 1.39 bits per heavy atom. The van der Waals surface area contributed by atoms with Crippen LogP contribution in [0.1, 0.15) is 11.1 Å². The summed E-state index contributed by atoms with van der Waals surface area (Å²) in [6.45, 7) is 0.982. The van der Waals surface area contributed by atoms with Crippen LogP contribution >= 0.6 is 0 Å². The van der Waals surface area contributed by atoms with Crippen LogP contribution < -0.4 is 0 Å². The number of fused-ring (bicyclic) bond motifs is 1. The molecule has 96 valence electrons. The van der Waals surface area contributed by atoms with Crippen molar-refractivity contribution in [3.63, 3.8) is 0 Å². The van der Waals surface area contributed by atoms with Crippen molar-refractivity contribution < 1.29 is 9.90 Å². The molecule has 0 unspecified atom stereocenters. The molecule has 0 fully saturated rings. The van der Waals surface area contributed by atoms with Crippen molar-refractivity contribution in [1.29, 1.82) is 0 Å². The second-order valence-electron chi connectivity index (χ2n) is 4.82. The van der Waals surface area contributed by atoms with Crippen LogP contribution in [0.2, 0.25) is 0 Å². The van der Waals surface area contributed by atoms with Crippen LogP contribution in [0.15, 0.2) is 24.4 Å². The van der Waals surface area contributed by atoms with Crippen molar-refractivity contribution in [2.75, 3.05) is 20.6 Å². The lowest BCUT2D eigenvalue weighted by Gasteiger charge is -2.08. The van der Waals surface area contributed by atoms with Crippen molar-refractivity contribution in [2.24, 2.45) is 0 Å². The monoisotopic (exact) mass is 246 g/mol. The fourth-order valence-electron chi connectivity index (χ4n) is 2.06. The molecule has 1 heterocycles. The van der Waals surface area contributed by atoms with Crippen LogP contribution in [0.5, 0.6) is 0 Å². The van der Waals surface area contributed by atoms with Crippen LogP contribution in [0, 0.1) is 0 Å². The average molecular weight is 246 g/mol. The minimum atomic E-state index is -0.792. The molecule has 2 aromatic rings. The molecule has 0 aliphatic heterocycles. The van der Waals surface area contributed by atoms with Gasteiger partial charge in [-0.25, -0.2) is 0 Å². The molecule has 4 heteroatoms. The topological polar surface area (TPSA) is 56.3 Å². The number of hydrogen-bond acceptors (Lipinski definition) is 2. The van der Waals surface area contributed by atoms with Crippen LogP contribution in [0.25, 0.3) is 10.9 Å². The van der Waals surface area contributed by atoms with E-state index in [1.807, 2.05) is 38.5 Å². The van der Waals surface area contributed by atoms with E-state index in [1.165, 1.54) is 5.56 Å². The first-order chi connectivity index (χ1) is 8.56. The third-order valence-electron chi connectivity index (χ3n) is 3.02. The summed E-state index contributed by atoms with van der Waals surface area (Å²) in [4.78, 5) is 16.1. The van der Waals surface area contributed by atoms with E-state index in [9.17, 15) is 4.79 Å². The summed E-state index contributed by atoms with van der Waals surface area (Å²) in [7, 11) is 4.09. The lowest BCUT2D eigenvalue weighted by molar-refractivity contribution is -0.136. The summed E-state index contributed by atoms with van der Waals surface area (Å²) < 4.78 is 0. The number of hydrogen-bond donors (Lipinski definition) is 2. The summed E-state index contributed by atoms with van der Waals surface area (Å²) in [5, 5.41) is 9.96. The molecule has 0 aliphatic rings. The first-order valence-electron chi connectivity index (χ1n) is 6.01. The molecule has 2 N–H and O–H groups in total. The van der Waals surface area contributed by atoms with E-state index in [1.54, 1.807) is 0 Å². The van der Waals surface area contributed by atoms with Gasteiger partial charge < -0.3 is 15.0 Å². The molecule has 4 nitrogen and oxygen atoms in total. The maximum Gasteiger partial charge on any atom is 0.307 e. The fourth-order valence-corrected chi connectivity index (χ4v) is 2.06. The molecule has 0 radical (unpaired) electrons. The summed E-state index contributed by atoms with van der Waals surface area (Å²) in [6, 6.07) is 5.79. The molecule has 0 saturated carbocycles. The minimum absolute atomic E-state index is 0.0776. The van der Waals surface area contributed by atoms with E-state index >= 15 is 0 Å². The predicted molar refractivity (Wildman–Crippen MR) is 71.9 cm³/mol. The minimum Gasteiger partial charge on any atom is -0.481 e. The number of carbonyl (C=O) groups is 1. The van der Waals surface area contributed by atoms with E-state index < -0.39 is 5.97 Å². The number of aromatic nitrogens is 1. The number of rotatable bonds is 5. The Morgan fingerprint density at radius 2 is 2.17 bits per heavy atom. The van der Waals surface area contributed by atoms with Gasteiger partial charge >= 0.3 is 5.97 Å². The second kappa shape index (κ2) is 5.23. The lowest BCUT2D eigenvalue weighted by Crippen LogP contribution is -2.14. The van der Waals surface area contributed by atoms with Gasteiger partial charge in [0.15, 0.2) is 0 Å². The van der Waals surface area contributed by atoms with Gasteiger partial charge in [0.25, 0.3) is 0 Å². The van der Waals surface area contributed by atoms with E-state index in [2.05, 4.69) is 9.88 Å². The SMILES string of the molecule is CN(C)CCc1c[nH]c2ccc(CC(=O)O)cc12. The van der Waals surface area contributed by atoms with Gasteiger partial charge in [0.05, 0.1) is 6.42 Å². The quantitative estimate of drug-likeness (QED) is 0.847. The molecular weight excluding hydrogens is 228 g/mol. The molecule has 2 rings (SSSR count). The van der Waals surface area contributed by atoms with Crippen LogP contribution in [0.4, 0.5) is 0 Å². The maximum absolute atomic E-state index is 10.7. The summed E-state index contributed by atoms with van der Waals surface area (Å²) in [5.41, 5.74) is 3.16. The number of benzene rings is 1. The smallest absolute Gasteiger partial charge is 0.307 e. The van der Waals surface area contributed by atoms with Crippen molar-refractivity contribution in [3.05, 3.63) is 35.5 Å². The van der Waals surface area contributed by atoms with Gasteiger partial charge in [0.2, 0.25) is 0 Å². The zero-order chi connectivity index (χ0) is 13.1. The van der Waals surface area contributed by atoms with E-state index in [-0.39, 0.29) is 6.42 Å². The van der Waals surface area contributed by atoms with E-state index in [0.717, 1.165) is 29.4 Å². The van der Waals surface area contributed by atoms with Crippen molar-refractivity contribution in [3.8, 4) is 0 Å². The van der Waals surface area contributed by atoms with Gasteiger partial charge in [-0.2, -0.15) is 0 Å². The van der Waals surface area contributed by atoms with Gasteiger partial charge in [0.1, 0.15) is 0 Å². The highest BCUT2D eigenvalue weighted by atomic mass is 16.4. The number of H-pyrrole nitrogens is 1. The third kappa shape index (κ3) is 2.90. The number of aromatic amines is 1. The zero-order valence-corrected chi connectivity index (χ0v) is 10.7. The van der Waals surface area contributed by atoms with Gasteiger partial charge in [-0.1, -0.05) is 6.07 Å². The largest absolute Gasteiger partial charge is 0.481 e. The Balaban J connectivity index is 2.28. The second-order valence-corrected chi connectivity index (χ2v) is 4.82. The van der Waals surface area contributed by atoms with Gasteiger partial charge in [0, 0.05) is 23.6 Å². The first kappa shape index (κ1) is 12.6. The first-order valence-corrected chi connectivity index (χ1v) is 6.01. The fraction of sp³-hybridized carbons (Fsp3) is 0.357. The Labute approximate surface area is 106 Å². The zero-order valence-electron chi connectivity index (χ0n) is 10.7. The van der Waals surface area contributed by atoms with Gasteiger partial charge in [-0.15, -0.1) is 0 Å². The predicted octanol–water partition coefficient (Wildman–Crippen LogP) is 1.90. The summed E-state index contributed by atoms with van der Waals surface area (Å²) >= 11 is 0.